The molecule has 2 saturated heterocycles. The van der Waals surface area contributed by atoms with E-state index >= 15 is 0 Å². The summed E-state index contributed by atoms with van der Waals surface area (Å²) in [5.74, 6) is 1.31. The first-order chi connectivity index (χ1) is 11.0. The summed E-state index contributed by atoms with van der Waals surface area (Å²) < 4.78 is 1.82. The topological polar surface area (TPSA) is 53.4 Å². The van der Waals surface area contributed by atoms with Crippen molar-refractivity contribution in [3.8, 4) is 0 Å². The van der Waals surface area contributed by atoms with Gasteiger partial charge in [0.15, 0.2) is 0 Å². The Bertz CT molecular complexity index is 533. The standard InChI is InChI=1S/C17H29N5O/c1-13(2)11-21-4-6-22(7-5-21)17(23)16-10-18-9-15(16)14-8-19-20(3)12-14/h8,12-13,15-16,18H,4-7,9-11H2,1-3H3/t15-,16+/m1/s1. The maximum absolute atomic E-state index is 13.0. The van der Waals surface area contributed by atoms with Crippen LogP contribution in [0.25, 0.3) is 0 Å². The molecule has 2 aliphatic rings. The zero-order chi connectivity index (χ0) is 16.4. The number of hydrogen-bond acceptors (Lipinski definition) is 4. The van der Waals surface area contributed by atoms with Crippen molar-refractivity contribution in [2.45, 2.75) is 19.8 Å². The Morgan fingerprint density at radius 1 is 1.30 bits per heavy atom. The van der Waals surface area contributed by atoms with Crippen molar-refractivity contribution in [3.05, 3.63) is 18.0 Å². The number of amides is 1. The molecule has 1 N–H and O–H groups in total. The van der Waals surface area contributed by atoms with Crippen molar-refractivity contribution in [2.75, 3.05) is 45.8 Å². The van der Waals surface area contributed by atoms with Gasteiger partial charge in [0, 0.05) is 65.0 Å². The highest BCUT2D eigenvalue weighted by molar-refractivity contribution is 5.80. The summed E-state index contributed by atoms with van der Waals surface area (Å²) in [6, 6.07) is 0. The third kappa shape index (κ3) is 3.75. The molecule has 3 rings (SSSR count). The molecule has 0 radical (unpaired) electrons. The highest BCUT2D eigenvalue weighted by Gasteiger charge is 2.37. The van der Waals surface area contributed by atoms with Crippen molar-refractivity contribution in [3.63, 3.8) is 0 Å². The zero-order valence-electron chi connectivity index (χ0n) is 14.5. The van der Waals surface area contributed by atoms with Gasteiger partial charge in [-0.3, -0.25) is 14.4 Å². The Morgan fingerprint density at radius 2 is 2.04 bits per heavy atom. The molecule has 1 aromatic heterocycles. The fourth-order valence-corrected chi connectivity index (χ4v) is 3.82. The third-order valence-corrected chi connectivity index (χ3v) is 4.99. The van der Waals surface area contributed by atoms with Gasteiger partial charge in [-0.1, -0.05) is 13.8 Å². The predicted molar refractivity (Wildman–Crippen MR) is 90.2 cm³/mol. The van der Waals surface area contributed by atoms with Crippen LogP contribution in [0.2, 0.25) is 0 Å². The SMILES string of the molecule is CC(C)CN1CCN(C(=O)[C@H]2CNC[C@@H]2c2cnn(C)c2)CC1. The predicted octanol–water partition coefficient (Wildman–Crippen LogP) is 0.523. The highest BCUT2D eigenvalue weighted by atomic mass is 16.2. The van der Waals surface area contributed by atoms with Gasteiger partial charge >= 0.3 is 0 Å². The van der Waals surface area contributed by atoms with E-state index in [1.165, 1.54) is 5.56 Å². The van der Waals surface area contributed by atoms with E-state index in [0.717, 1.165) is 45.8 Å². The van der Waals surface area contributed by atoms with Gasteiger partial charge in [0.05, 0.1) is 12.1 Å². The zero-order valence-corrected chi connectivity index (χ0v) is 14.5. The van der Waals surface area contributed by atoms with E-state index in [0.29, 0.717) is 11.8 Å². The Kier molecular flexibility index (Phi) is 5.02. The van der Waals surface area contributed by atoms with Crippen LogP contribution in [0, 0.1) is 11.8 Å². The van der Waals surface area contributed by atoms with Crippen LogP contribution >= 0.6 is 0 Å². The molecule has 0 bridgehead atoms. The van der Waals surface area contributed by atoms with Crippen molar-refractivity contribution in [2.24, 2.45) is 18.9 Å². The lowest BCUT2D eigenvalue weighted by Crippen LogP contribution is -2.51. The van der Waals surface area contributed by atoms with Crippen LogP contribution in [-0.4, -0.2) is 71.3 Å². The lowest BCUT2D eigenvalue weighted by atomic mass is 9.89. The number of carbonyl (C=O) groups excluding carboxylic acids is 1. The van der Waals surface area contributed by atoms with E-state index < -0.39 is 0 Å². The van der Waals surface area contributed by atoms with Gasteiger partial charge in [-0.25, -0.2) is 0 Å². The number of nitrogens with one attached hydrogen (secondary N) is 1. The summed E-state index contributed by atoms with van der Waals surface area (Å²) in [4.78, 5) is 17.5. The molecule has 3 heterocycles. The number of piperazine rings is 1. The Labute approximate surface area is 138 Å². The van der Waals surface area contributed by atoms with Crippen LogP contribution in [-0.2, 0) is 11.8 Å². The summed E-state index contributed by atoms with van der Waals surface area (Å²) >= 11 is 0. The van der Waals surface area contributed by atoms with Gasteiger partial charge < -0.3 is 10.2 Å². The van der Waals surface area contributed by atoms with Crippen molar-refractivity contribution < 1.29 is 4.79 Å². The molecule has 2 atom stereocenters. The molecule has 0 aliphatic carbocycles. The van der Waals surface area contributed by atoms with E-state index in [1.54, 1.807) is 0 Å². The Hall–Kier alpha value is -1.40. The first-order valence-corrected chi connectivity index (χ1v) is 8.75. The minimum Gasteiger partial charge on any atom is -0.340 e. The summed E-state index contributed by atoms with van der Waals surface area (Å²) in [5, 5.41) is 7.65. The average Bonchev–Trinajstić information content (AvgIpc) is 3.15. The fourth-order valence-electron chi connectivity index (χ4n) is 3.82. The third-order valence-electron chi connectivity index (χ3n) is 4.99. The number of aryl methyl sites for hydroxylation is 1. The first kappa shape index (κ1) is 16.5. The maximum atomic E-state index is 13.0. The van der Waals surface area contributed by atoms with Crippen LogP contribution < -0.4 is 5.32 Å². The van der Waals surface area contributed by atoms with E-state index in [-0.39, 0.29) is 11.8 Å². The van der Waals surface area contributed by atoms with Crippen molar-refractivity contribution in [1.82, 2.24) is 24.9 Å². The van der Waals surface area contributed by atoms with E-state index in [4.69, 9.17) is 0 Å². The number of carbonyl (C=O) groups is 1. The second kappa shape index (κ2) is 7.01. The molecule has 23 heavy (non-hydrogen) atoms. The molecular formula is C17H29N5O. The van der Waals surface area contributed by atoms with Gasteiger partial charge in [-0.2, -0.15) is 5.10 Å². The van der Waals surface area contributed by atoms with Crippen LogP contribution in [0.4, 0.5) is 0 Å². The first-order valence-electron chi connectivity index (χ1n) is 8.75. The van der Waals surface area contributed by atoms with E-state index in [1.807, 2.05) is 24.1 Å². The van der Waals surface area contributed by atoms with E-state index in [9.17, 15) is 4.79 Å². The van der Waals surface area contributed by atoms with Gasteiger partial charge in [0.1, 0.15) is 0 Å². The average molecular weight is 319 g/mol. The van der Waals surface area contributed by atoms with Gasteiger partial charge in [-0.15, -0.1) is 0 Å². The summed E-state index contributed by atoms with van der Waals surface area (Å²) in [6.45, 7) is 11.0. The molecule has 1 amide bonds. The normalized spacial score (nSPS) is 26.2. The molecule has 128 valence electrons. The molecule has 1 aromatic rings. The van der Waals surface area contributed by atoms with Crippen molar-refractivity contribution in [1.29, 1.82) is 0 Å². The largest absolute Gasteiger partial charge is 0.340 e. The molecule has 0 aromatic carbocycles. The van der Waals surface area contributed by atoms with Gasteiger partial charge in [0.2, 0.25) is 5.91 Å². The molecule has 6 heteroatoms. The minimum absolute atomic E-state index is 0.0517. The number of hydrogen-bond donors (Lipinski definition) is 1. The number of rotatable bonds is 4. The van der Waals surface area contributed by atoms with Gasteiger partial charge in [-0.05, 0) is 11.5 Å². The van der Waals surface area contributed by atoms with Crippen LogP contribution in [0.5, 0.6) is 0 Å². The Morgan fingerprint density at radius 3 is 2.65 bits per heavy atom. The summed E-state index contributed by atoms with van der Waals surface area (Å²) in [5.41, 5.74) is 1.18. The molecule has 0 spiro atoms. The van der Waals surface area contributed by atoms with Crippen LogP contribution in [0.1, 0.15) is 25.3 Å². The van der Waals surface area contributed by atoms with Crippen LogP contribution in [0.15, 0.2) is 12.4 Å². The van der Waals surface area contributed by atoms with Crippen molar-refractivity contribution >= 4 is 5.91 Å². The number of nitrogens with zero attached hydrogens (tertiary/aromatic N) is 4. The fraction of sp³-hybridized carbons (Fsp3) is 0.765. The number of aromatic nitrogens is 2. The molecule has 0 saturated carbocycles. The maximum Gasteiger partial charge on any atom is 0.227 e. The molecule has 6 nitrogen and oxygen atoms in total. The summed E-state index contributed by atoms with van der Waals surface area (Å²) in [6.07, 6.45) is 3.94. The molecule has 2 aliphatic heterocycles. The highest BCUT2D eigenvalue weighted by Crippen LogP contribution is 2.29. The molecule has 2 fully saturated rings. The second-order valence-electron chi connectivity index (χ2n) is 7.34. The lowest BCUT2D eigenvalue weighted by Gasteiger charge is -2.37. The quantitative estimate of drug-likeness (QED) is 0.879. The molecule has 0 unspecified atom stereocenters. The minimum atomic E-state index is 0.0517. The Balaban J connectivity index is 1.59. The summed E-state index contributed by atoms with van der Waals surface area (Å²) in [7, 11) is 1.93. The van der Waals surface area contributed by atoms with E-state index in [2.05, 4.69) is 34.1 Å². The lowest BCUT2D eigenvalue weighted by molar-refractivity contribution is -0.137. The second-order valence-corrected chi connectivity index (χ2v) is 7.34. The monoisotopic (exact) mass is 319 g/mol. The molecular weight excluding hydrogens is 290 g/mol. The van der Waals surface area contributed by atoms with Gasteiger partial charge in [0.25, 0.3) is 0 Å². The smallest absolute Gasteiger partial charge is 0.227 e. The van der Waals surface area contributed by atoms with Crippen LogP contribution in [0.3, 0.4) is 0 Å².